The van der Waals surface area contributed by atoms with E-state index in [1.54, 1.807) is 0 Å². The first-order chi connectivity index (χ1) is 11.1. The van der Waals surface area contributed by atoms with Gasteiger partial charge in [-0.2, -0.15) is 0 Å². The van der Waals surface area contributed by atoms with Crippen LogP contribution in [-0.4, -0.2) is 5.78 Å². The zero-order valence-corrected chi connectivity index (χ0v) is 14.1. The Morgan fingerprint density at radius 1 is 0.783 bits per heavy atom. The normalized spacial score (nSPS) is 18.6. The molecule has 1 fully saturated rings. The molecule has 1 aliphatic carbocycles. The highest BCUT2D eigenvalue weighted by atomic mass is 35.5. The van der Waals surface area contributed by atoms with Gasteiger partial charge in [-0.15, -0.1) is 0 Å². The van der Waals surface area contributed by atoms with Crippen LogP contribution in [0.25, 0.3) is 12.2 Å². The molecular formula is C20H16Cl2O. The molecule has 0 heterocycles. The van der Waals surface area contributed by atoms with Crippen LogP contribution in [0.2, 0.25) is 10.0 Å². The molecule has 2 aromatic rings. The lowest BCUT2D eigenvalue weighted by atomic mass is 9.87. The van der Waals surface area contributed by atoms with Crippen molar-refractivity contribution in [2.75, 3.05) is 0 Å². The summed E-state index contributed by atoms with van der Waals surface area (Å²) < 4.78 is 0. The third-order valence-electron chi connectivity index (χ3n) is 3.85. The molecule has 0 atom stereocenters. The van der Waals surface area contributed by atoms with Gasteiger partial charge >= 0.3 is 0 Å². The maximum atomic E-state index is 12.7. The van der Waals surface area contributed by atoms with Gasteiger partial charge in [0.1, 0.15) is 0 Å². The lowest BCUT2D eigenvalue weighted by Gasteiger charge is -2.16. The van der Waals surface area contributed by atoms with E-state index in [4.69, 9.17) is 23.2 Å². The molecule has 23 heavy (non-hydrogen) atoms. The van der Waals surface area contributed by atoms with Crippen molar-refractivity contribution < 1.29 is 4.79 Å². The smallest absolute Gasteiger partial charge is 0.185 e. The van der Waals surface area contributed by atoms with Crippen molar-refractivity contribution in [2.24, 2.45) is 0 Å². The van der Waals surface area contributed by atoms with Crippen molar-refractivity contribution in [2.45, 2.75) is 19.3 Å². The molecule has 0 spiro atoms. The number of halogens is 2. The average molecular weight is 343 g/mol. The lowest BCUT2D eigenvalue weighted by molar-refractivity contribution is -0.112. The second-order valence-corrected chi connectivity index (χ2v) is 6.50. The second kappa shape index (κ2) is 7.16. The minimum Gasteiger partial charge on any atom is -0.289 e. The maximum absolute atomic E-state index is 12.7. The van der Waals surface area contributed by atoms with Crippen molar-refractivity contribution >= 4 is 41.1 Å². The molecule has 1 aliphatic rings. The van der Waals surface area contributed by atoms with Crippen LogP contribution in [-0.2, 0) is 4.79 Å². The van der Waals surface area contributed by atoms with E-state index in [9.17, 15) is 4.79 Å². The first-order valence-electron chi connectivity index (χ1n) is 7.59. The van der Waals surface area contributed by atoms with Gasteiger partial charge in [0.15, 0.2) is 5.78 Å². The summed E-state index contributed by atoms with van der Waals surface area (Å²) in [6.07, 6.45) is 6.47. The Kier molecular flexibility index (Phi) is 5.00. The van der Waals surface area contributed by atoms with E-state index in [2.05, 4.69) is 0 Å². The fourth-order valence-corrected chi connectivity index (χ4v) is 3.17. The SMILES string of the molecule is O=C1/C(=C\c2cccc(Cl)c2)CCC/C1=C\c1cccc(Cl)c1. The molecular weight excluding hydrogens is 327 g/mol. The number of carbonyl (C=O) groups is 1. The molecule has 0 unspecified atom stereocenters. The number of rotatable bonds is 2. The van der Waals surface area contributed by atoms with E-state index in [1.807, 2.05) is 60.7 Å². The van der Waals surface area contributed by atoms with Gasteiger partial charge in [0.2, 0.25) is 0 Å². The van der Waals surface area contributed by atoms with Crippen LogP contribution in [0.15, 0.2) is 59.7 Å². The molecule has 1 nitrogen and oxygen atoms in total. The van der Waals surface area contributed by atoms with Crippen LogP contribution < -0.4 is 0 Å². The first kappa shape index (κ1) is 16.0. The van der Waals surface area contributed by atoms with E-state index < -0.39 is 0 Å². The molecule has 0 radical (unpaired) electrons. The van der Waals surface area contributed by atoms with Crippen LogP contribution in [0, 0.1) is 0 Å². The highest BCUT2D eigenvalue weighted by Gasteiger charge is 2.20. The topological polar surface area (TPSA) is 17.1 Å². The minimum absolute atomic E-state index is 0.121. The standard InChI is InChI=1S/C20H16Cl2O/c21-18-8-1-4-14(12-18)10-16-6-3-7-17(20(16)23)11-15-5-2-9-19(22)13-15/h1-2,4-5,8-13H,3,6-7H2/b16-10-,17-11+. The summed E-state index contributed by atoms with van der Waals surface area (Å²) in [6.45, 7) is 0. The number of hydrogen-bond acceptors (Lipinski definition) is 1. The summed E-state index contributed by atoms with van der Waals surface area (Å²) in [6, 6.07) is 15.1. The van der Waals surface area contributed by atoms with Gasteiger partial charge in [-0.25, -0.2) is 0 Å². The third kappa shape index (κ3) is 4.13. The van der Waals surface area contributed by atoms with Gasteiger partial charge < -0.3 is 0 Å². The molecule has 0 aromatic heterocycles. The number of carbonyl (C=O) groups excluding carboxylic acids is 1. The Balaban J connectivity index is 1.89. The van der Waals surface area contributed by atoms with Gasteiger partial charge in [0.05, 0.1) is 0 Å². The number of allylic oxidation sites excluding steroid dienone is 2. The van der Waals surface area contributed by atoms with E-state index in [0.29, 0.717) is 10.0 Å². The predicted molar refractivity (Wildman–Crippen MR) is 97.7 cm³/mol. The molecule has 116 valence electrons. The van der Waals surface area contributed by atoms with Crippen molar-refractivity contribution in [3.63, 3.8) is 0 Å². The average Bonchev–Trinajstić information content (AvgIpc) is 2.51. The predicted octanol–water partition coefficient (Wildman–Crippen LogP) is 6.21. The van der Waals surface area contributed by atoms with Crippen LogP contribution >= 0.6 is 23.2 Å². The highest BCUT2D eigenvalue weighted by molar-refractivity contribution is 6.31. The summed E-state index contributed by atoms with van der Waals surface area (Å²) in [5, 5.41) is 1.36. The largest absolute Gasteiger partial charge is 0.289 e. The van der Waals surface area contributed by atoms with E-state index in [-0.39, 0.29) is 5.78 Å². The molecule has 3 rings (SSSR count). The summed E-state index contributed by atoms with van der Waals surface area (Å²) >= 11 is 12.0. The Labute approximate surface area is 146 Å². The summed E-state index contributed by atoms with van der Waals surface area (Å²) in [4.78, 5) is 12.7. The first-order valence-corrected chi connectivity index (χ1v) is 8.34. The van der Waals surface area contributed by atoms with Gasteiger partial charge in [-0.05, 0) is 66.8 Å². The van der Waals surface area contributed by atoms with Gasteiger partial charge in [-0.3, -0.25) is 4.79 Å². The molecule has 0 bridgehead atoms. The summed E-state index contributed by atoms with van der Waals surface area (Å²) in [5.41, 5.74) is 3.60. The van der Waals surface area contributed by atoms with Crippen LogP contribution in [0.5, 0.6) is 0 Å². The fraction of sp³-hybridized carbons (Fsp3) is 0.150. The minimum atomic E-state index is 0.121. The lowest BCUT2D eigenvalue weighted by Crippen LogP contribution is -2.12. The molecule has 0 amide bonds. The second-order valence-electron chi connectivity index (χ2n) is 5.63. The van der Waals surface area contributed by atoms with Crippen molar-refractivity contribution in [1.29, 1.82) is 0 Å². The number of benzene rings is 2. The molecule has 2 aromatic carbocycles. The quantitative estimate of drug-likeness (QED) is 0.592. The Morgan fingerprint density at radius 2 is 1.26 bits per heavy atom. The zero-order valence-electron chi connectivity index (χ0n) is 12.6. The van der Waals surface area contributed by atoms with E-state index in [0.717, 1.165) is 41.5 Å². The molecule has 0 saturated heterocycles. The Bertz CT molecular complexity index is 737. The number of ketones is 1. The van der Waals surface area contributed by atoms with Gasteiger partial charge in [-0.1, -0.05) is 47.5 Å². The van der Waals surface area contributed by atoms with Gasteiger partial charge in [0, 0.05) is 21.2 Å². The highest BCUT2D eigenvalue weighted by Crippen LogP contribution is 2.28. The molecule has 3 heteroatoms. The fourth-order valence-electron chi connectivity index (χ4n) is 2.77. The van der Waals surface area contributed by atoms with Gasteiger partial charge in [0.25, 0.3) is 0 Å². The van der Waals surface area contributed by atoms with Crippen LogP contribution in [0.1, 0.15) is 30.4 Å². The number of Topliss-reactive ketones (excluding diaryl/α,β-unsaturated/α-hetero) is 1. The van der Waals surface area contributed by atoms with Crippen molar-refractivity contribution in [3.8, 4) is 0 Å². The van der Waals surface area contributed by atoms with E-state index in [1.165, 1.54) is 0 Å². The Hall–Kier alpha value is -1.83. The summed E-state index contributed by atoms with van der Waals surface area (Å²) in [5.74, 6) is 0.121. The zero-order chi connectivity index (χ0) is 16.2. The Morgan fingerprint density at radius 3 is 1.70 bits per heavy atom. The summed E-state index contributed by atoms with van der Waals surface area (Å²) in [7, 11) is 0. The monoisotopic (exact) mass is 342 g/mol. The van der Waals surface area contributed by atoms with Crippen molar-refractivity contribution in [1.82, 2.24) is 0 Å². The number of hydrogen-bond donors (Lipinski definition) is 0. The molecule has 0 N–H and O–H groups in total. The van der Waals surface area contributed by atoms with Crippen LogP contribution in [0.4, 0.5) is 0 Å². The van der Waals surface area contributed by atoms with E-state index >= 15 is 0 Å². The third-order valence-corrected chi connectivity index (χ3v) is 4.32. The van der Waals surface area contributed by atoms with Crippen LogP contribution in [0.3, 0.4) is 0 Å². The van der Waals surface area contributed by atoms with Crippen molar-refractivity contribution in [3.05, 3.63) is 80.8 Å². The molecule has 1 saturated carbocycles. The maximum Gasteiger partial charge on any atom is 0.185 e. The molecule has 0 aliphatic heterocycles.